The molecule has 0 saturated carbocycles. The van der Waals surface area contributed by atoms with Crippen LogP contribution >= 0.6 is 0 Å². The number of imidazole rings is 1. The highest BCUT2D eigenvalue weighted by molar-refractivity contribution is 6.36. The summed E-state index contributed by atoms with van der Waals surface area (Å²) in [5.41, 5.74) is 1.43. The lowest BCUT2D eigenvalue weighted by Gasteiger charge is -2.26. The van der Waals surface area contributed by atoms with Gasteiger partial charge in [-0.3, -0.25) is 14.2 Å². The van der Waals surface area contributed by atoms with Crippen LogP contribution in [0, 0.1) is 0 Å². The second-order valence-corrected chi connectivity index (χ2v) is 7.79. The highest BCUT2D eigenvalue weighted by atomic mass is 16.5. The van der Waals surface area contributed by atoms with E-state index in [1.54, 1.807) is 28.8 Å². The molecule has 2 amide bonds. The lowest BCUT2D eigenvalue weighted by Crippen LogP contribution is -2.41. The second kappa shape index (κ2) is 6.89. The van der Waals surface area contributed by atoms with E-state index in [1.165, 1.54) is 12.7 Å². The Kier molecular flexibility index (Phi) is 4.09. The van der Waals surface area contributed by atoms with Crippen molar-refractivity contribution in [3.63, 3.8) is 0 Å². The van der Waals surface area contributed by atoms with E-state index in [1.807, 2.05) is 12.1 Å². The fraction of sp³-hybridized carbons (Fsp3) is 0.227. The van der Waals surface area contributed by atoms with Crippen LogP contribution in [0.15, 0.2) is 49.1 Å². The van der Waals surface area contributed by atoms with Crippen molar-refractivity contribution in [1.29, 1.82) is 0 Å². The van der Waals surface area contributed by atoms with Gasteiger partial charge in [-0.25, -0.2) is 19.9 Å². The number of nitrogens with zero attached hydrogens (tertiary/aromatic N) is 5. The maximum absolute atomic E-state index is 13.4. The topological polar surface area (TPSA) is 131 Å². The fourth-order valence-electron chi connectivity index (χ4n) is 4.49. The highest BCUT2D eigenvalue weighted by Crippen LogP contribution is 2.36. The fourth-order valence-corrected chi connectivity index (χ4v) is 4.49. The van der Waals surface area contributed by atoms with E-state index in [0.29, 0.717) is 22.2 Å². The van der Waals surface area contributed by atoms with E-state index in [4.69, 9.17) is 4.74 Å². The van der Waals surface area contributed by atoms with Crippen LogP contribution in [0.4, 0.5) is 5.82 Å². The van der Waals surface area contributed by atoms with Gasteiger partial charge in [0.15, 0.2) is 17.0 Å². The first-order valence-corrected chi connectivity index (χ1v) is 10.1. The molecule has 1 unspecified atom stereocenters. The summed E-state index contributed by atoms with van der Waals surface area (Å²) in [7, 11) is 0. The van der Waals surface area contributed by atoms with Crippen molar-refractivity contribution in [3.8, 4) is 0 Å². The number of anilines is 1. The molecule has 32 heavy (non-hydrogen) atoms. The first-order chi connectivity index (χ1) is 15.6. The van der Waals surface area contributed by atoms with Crippen LogP contribution in [-0.2, 0) is 4.74 Å². The zero-order chi connectivity index (χ0) is 22.0. The molecule has 0 aliphatic carbocycles. The van der Waals surface area contributed by atoms with Crippen molar-refractivity contribution in [1.82, 2.24) is 19.5 Å². The monoisotopic (exact) mass is 431 g/mol. The number of hydrogen-bond donors (Lipinski definition) is 2. The molecule has 1 saturated heterocycles. The van der Waals surface area contributed by atoms with Crippen LogP contribution in [0.25, 0.3) is 21.9 Å². The van der Waals surface area contributed by atoms with Gasteiger partial charge in [-0.1, -0.05) is 24.3 Å². The third-order valence-corrected chi connectivity index (χ3v) is 6.02. The SMILES string of the molecule is O=C1c2cccc3cccc(c23)C(=O)N1c1ncnc2c1ncn2[C@H]1CC(O)[C@@H](CO)O1. The zero-order valence-corrected chi connectivity index (χ0v) is 16.6. The van der Waals surface area contributed by atoms with E-state index < -0.39 is 30.3 Å². The van der Waals surface area contributed by atoms with Crippen molar-refractivity contribution in [3.05, 3.63) is 60.2 Å². The first kappa shape index (κ1) is 19.0. The number of amides is 2. The Labute approximate surface area is 180 Å². The van der Waals surface area contributed by atoms with Crippen molar-refractivity contribution in [2.24, 2.45) is 0 Å². The number of carbonyl (C=O) groups is 2. The summed E-state index contributed by atoms with van der Waals surface area (Å²) >= 11 is 0. The number of imide groups is 1. The molecular weight excluding hydrogens is 414 g/mol. The quantitative estimate of drug-likeness (QED) is 0.466. The minimum absolute atomic E-state index is 0.0764. The Hall–Kier alpha value is -3.73. The Morgan fingerprint density at radius 1 is 1.03 bits per heavy atom. The maximum atomic E-state index is 13.4. The average molecular weight is 431 g/mol. The number of fused-ring (bicyclic) bond motifs is 1. The summed E-state index contributed by atoms with van der Waals surface area (Å²) in [5.74, 6) is -0.893. The molecule has 2 N–H and O–H groups in total. The van der Waals surface area contributed by atoms with Gasteiger partial charge < -0.3 is 14.9 Å². The molecule has 2 aromatic carbocycles. The molecule has 6 rings (SSSR count). The number of carbonyl (C=O) groups excluding carboxylic acids is 2. The number of benzene rings is 2. The molecule has 1 fully saturated rings. The van der Waals surface area contributed by atoms with Crippen molar-refractivity contribution < 1.29 is 24.5 Å². The Morgan fingerprint density at radius 3 is 2.41 bits per heavy atom. The highest BCUT2D eigenvalue weighted by Gasteiger charge is 2.38. The van der Waals surface area contributed by atoms with Crippen LogP contribution in [0.5, 0.6) is 0 Å². The molecule has 4 heterocycles. The molecule has 10 nitrogen and oxygen atoms in total. The van der Waals surface area contributed by atoms with Gasteiger partial charge in [0.1, 0.15) is 18.7 Å². The summed E-state index contributed by atoms with van der Waals surface area (Å²) < 4.78 is 7.31. The van der Waals surface area contributed by atoms with E-state index in [2.05, 4.69) is 15.0 Å². The Morgan fingerprint density at radius 2 is 1.75 bits per heavy atom. The van der Waals surface area contributed by atoms with E-state index >= 15 is 0 Å². The third kappa shape index (κ3) is 2.54. The first-order valence-electron chi connectivity index (χ1n) is 10.1. The Balaban J connectivity index is 1.48. The van der Waals surface area contributed by atoms with Crippen LogP contribution in [0.3, 0.4) is 0 Å². The standard InChI is InChI=1S/C22H17N5O5/c28-8-15-14(29)7-16(32-15)26-10-25-18-19(26)23-9-24-20(18)27-21(30)12-5-1-3-11-4-2-6-13(17(11)12)22(27)31/h1-6,9-10,14-16,28-29H,7-8H2/t14?,15-,16-/m1/s1. The summed E-state index contributed by atoms with van der Waals surface area (Å²) in [6, 6.07) is 10.6. The van der Waals surface area contributed by atoms with Gasteiger partial charge in [0.25, 0.3) is 11.8 Å². The predicted octanol–water partition coefficient (Wildman–Crippen LogP) is 1.42. The van der Waals surface area contributed by atoms with Crippen LogP contribution in [0.1, 0.15) is 33.4 Å². The second-order valence-electron chi connectivity index (χ2n) is 7.79. The third-order valence-electron chi connectivity index (χ3n) is 6.02. The molecule has 0 spiro atoms. The van der Waals surface area contributed by atoms with Gasteiger partial charge in [0.05, 0.1) is 19.0 Å². The lowest BCUT2D eigenvalue weighted by molar-refractivity contribution is -0.0432. The number of rotatable bonds is 3. The molecule has 2 aliphatic heterocycles. The predicted molar refractivity (Wildman–Crippen MR) is 112 cm³/mol. The van der Waals surface area contributed by atoms with Gasteiger partial charge in [0.2, 0.25) is 0 Å². The lowest BCUT2D eigenvalue weighted by atomic mass is 9.94. The maximum Gasteiger partial charge on any atom is 0.267 e. The largest absolute Gasteiger partial charge is 0.394 e. The van der Waals surface area contributed by atoms with Crippen LogP contribution in [0.2, 0.25) is 0 Å². The molecule has 2 aromatic heterocycles. The van der Waals surface area contributed by atoms with Gasteiger partial charge in [-0.05, 0) is 17.5 Å². The zero-order valence-electron chi connectivity index (χ0n) is 16.6. The molecule has 2 aliphatic rings. The van der Waals surface area contributed by atoms with Crippen molar-refractivity contribution in [2.45, 2.75) is 24.9 Å². The van der Waals surface area contributed by atoms with Crippen molar-refractivity contribution in [2.75, 3.05) is 11.5 Å². The molecule has 160 valence electrons. The van der Waals surface area contributed by atoms with E-state index in [9.17, 15) is 19.8 Å². The van der Waals surface area contributed by atoms with E-state index in [-0.39, 0.29) is 24.4 Å². The Bertz CT molecular complexity index is 1370. The number of aliphatic hydroxyl groups excluding tert-OH is 2. The number of hydrogen-bond acceptors (Lipinski definition) is 8. The van der Waals surface area contributed by atoms with Gasteiger partial charge in [-0.15, -0.1) is 0 Å². The molecular formula is C22H17N5O5. The van der Waals surface area contributed by atoms with Gasteiger partial charge >= 0.3 is 0 Å². The minimum atomic E-state index is -0.828. The molecule has 0 bridgehead atoms. The minimum Gasteiger partial charge on any atom is -0.394 e. The van der Waals surface area contributed by atoms with Gasteiger partial charge in [0, 0.05) is 22.9 Å². The average Bonchev–Trinajstić information content (AvgIpc) is 3.41. The number of ether oxygens (including phenoxy) is 1. The van der Waals surface area contributed by atoms with Crippen LogP contribution in [-0.4, -0.2) is 60.4 Å². The number of aromatic nitrogens is 4. The summed E-state index contributed by atoms with van der Waals surface area (Å²) in [4.78, 5) is 40.6. The molecule has 10 heteroatoms. The van der Waals surface area contributed by atoms with Crippen LogP contribution < -0.4 is 4.90 Å². The van der Waals surface area contributed by atoms with Gasteiger partial charge in [-0.2, -0.15) is 0 Å². The molecule has 4 aromatic rings. The summed E-state index contributed by atoms with van der Waals surface area (Å²) in [5, 5.41) is 20.9. The summed E-state index contributed by atoms with van der Waals surface area (Å²) in [6.45, 7) is -0.313. The molecule has 0 radical (unpaired) electrons. The smallest absolute Gasteiger partial charge is 0.267 e. The van der Waals surface area contributed by atoms with Crippen molar-refractivity contribution >= 4 is 39.6 Å². The number of aliphatic hydroxyl groups is 2. The summed E-state index contributed by atoms with van der Waals surface area (Å²) in [6.07, 6.45) is 0.830. The van der Waals surface area contributed by atoms with E-state index in [0.717, 1.165) is 10.3 Å². The molecule has 3 atom stereocenters. The normalized spacial score (nSPS) is 22.9.